The number of carboxylic acids is 4. The summed E-state index contributed by atoms with van der Waals surface area (Å²) in [5.41, 5.74) is 0. The normalized spacial score (nSPS) is 9.73. The van der Waals surface area contributed by atoms with Gasteiger partial charge in [0, 0.05) is 32.6 Å². The maximum absolute atomic E-state index is 10.6. The van der Waals surface area contributed by atoms with E-state index in [1.807, 2.05) is 0 Å². The van der Waals surface area contributed by atoms with Crippen LogP contribution >= 0.6 is 0 Å². The third kappa shape index (κ3) is 16.4. The average Bonchev–Trinajstić information content (AvgIpc) is 2.22. The van der Waals surface area contributed by atoms with E-state index in [9.17, 15) is 19.2 Å². The van der Waals surface area contributed by atoms with Gasteiger partial charge >= 0.3 is 75.3 Å². The SMILES string of the molecule is O=C(O)CN(CCN(CC(=O)O)CC(=O)O)CC(=O)O.[H-].[K+].[Zn]. The van der Waals surface area contributed by atoms with E-state index in [-0.39, 0.29) is 85.4 Å². The van der Waals surface area contributed by atoms with Crippen molar-refractivity contribution in [1.29, 1.82) is 0 Å². The Labute approximate surface area is 183 Å². The fourth-order valence-electron chi connectivity index (χ4n) is 1.48. The molecule has 0 radical (unpaired) electrons. The predicted octanol–water partition coefficient (Wildman–Crippen LogP) is -4.96. The summed E-state index contributed by atoms with van der Waals surface area (Å²) >= 11 is 0. The molecular weight excluding hydrogens is 381 g/mol. The van der Waals surface area contributed by atoms with Gasteiger partial charge in [-0.15, -0.1) is 0 Å². The van der Waals surface area contributed by atoms with Crippen molar-refractivity contribution in [1.82, 2.24) is 9.80 Å². The second kappa shape index (κ2) is 14.6. The number of rotatable bonds is 11. The molecule has 0 aliphatic carbocycles. The van der Waals surface area contributed by atoms with Gasteiger partial charge in [-0.2, -0.15) is 0 Å². The third-order valence-electron chi connectivity index (χ3n) is 2.17. The number of hydrogen-bond donors (Lipinski definition) is 4. The van der Waals surface area contributed by atoms with Gasteiger partial charge < -0.3 is 21.9 Å². The molecule has 0 rings (SSSR count). The number of aliphatic carboxylic acids is 4. The molecule has 0 aliphatic rings. The van der Waals surface area contributed by atoms with Gasteiger partial charge in [0.15, 0.2) is 0 Å². The molecule has 0 fully saturated rings. The molecule has 0 bridgehead atoms. The quantitative estimate of drug-likeness (QED) is 0.249. The average molecular weight is 398 g/mol. The van der Waals surface area contributed by atoms with Gasteiger partial charge in [-0.1, -0.05) is 0 Å². The zero-order valence-corrected chi connectivity index (χ0v) is 18.4. The van der Waals surface area contributed by atoms with E-state index < -0.39 is 50.1 Å². The minimum atomic E-state index is -1.23. The van der Waals surface area contributed by atoms with Crippen LogP contribution in [0.2, 0.25) is 0 Å². The molecule has 10 nitrogen and oxygen atoms in total. The maximum Gasteiger partial charge on any atom is 1.00 e. The van der Waals surface area contributed by atoms with Crippen molar-refractivity contribution in [3.63, 3.8) is 0 Å². The number of carboxylic acid groups (broad SMARTS) is 4. The topological polar surface area (TPSA) is 156 Å². The second-order valence-corrected chi connectivity index (χ2v) is 4.00. The van der Waals surface area contributed by atoms with Gasteiger partial charge in [0.25, 0.3) is 0 Å². The monoisotopic (exact) mass is 396 g/mol. The number of nitrogens with zero attached hydrogens (tertiary/aromatic N) is 2. The van der Waals surface area contributed by atoms with Crippen LogP contribution in [0.15, 0.2) is 0 Å². The summed E-state index contributed by atoms with van der Waals surface area (Å²) in [4.78, 5) is 44.4. The molecular formula is C10H17KN2O8Zn. The summed E-state index contributed by atoms with van der Waals surface area (Å²) in [7, 11) is 0. The summed E-state index contributed by atoms with van der Waals surface area (Å²) in [5.74, 6) is -4.91. The molecule has 0 atom stereocenters. The smallest absolute Gasteiger partial charge is 1.00 e. The first-order valence-corrected chi connectivity index (χ1v) is 5.52. The number of carbonyl (C=O) groups is 4. The summed E-state index contributed by atoms with van der Waals surface area (Å²) < 4.78 is 0. The summed E-state index contributed by atoms with van der Waals surface area (Å²) in [6.07, 6.45) is 0. The minimum absolute atomic E-state index is 0. The molecule has 0 heterocycles. The molecule has 0 aromatic carbocycles. The molecule has 0 saturated carbocycles. The number of hydrogen-bond acceptors (Lipinski definition) is 6. The molecule has 0 aromatic heterocycles. The third-order valence-corrected chi connectivity index (χ3v) is 2.17. The Kier molecular flexibility index (Phi) is 17.9. The first-order chi connectivity index (χ1) is 9.20. The van der Waals surface area contributed by atoms with E-state index in [0.717, 1.165) is 9.80 Å². The van der Waals surface area contributed by atoms with Gasteiger partial charge in [-0.3, -0.25) is 29.0 Å². The van der Waals surface area contributed by atoms with Crippen LogP contribution in [-0.2, 0) is 38.7 Å². The minimum Gasteiger partial charge on any atom is -1.00 e. The van der Waals surface area contributed by atoms with Crippen LogP contribution < -0.4 is 51.4 Å². The van der Waals surface area contributed by atoms with Gasteiger partial charge in [-0.05, 0) is 0 Å². The Morgan fingerprint density at radius 2 is 0.818 bits per heavy atom. The fourth-order valence-corrected chi connectivity index (χ4v) is 1.48. The largest absolute Gasteiger partial charge is 1.00 e. The van der Waals surface area contributed by atoms with E-state index in [1.54, 1.807) is 0 Å². The van der Waals surface area contributed by atoms with Crippen LogP contribution in [0.25, 0.3) is 0 Å². The molecule has 0 amide bonds. The Morgan fingerprint density at radius 1 is 0.636 bits per heavy atom. The van der Waals surface area contributed by atoms with Crippen LogP contribution in [-0.4, -0.2) is 93.4 Å². The van der Waals surface area contributed by atoms with Crippen molar-refractivity contribution in [3.8, 4) is 0 Å². The molecule has 4 N–H and O–H groups in total. The standard InChI is InChI=1S/C10H16N2O8.K.Zn.H/c13-7(14)3-11(4-8(15)16)1-2-12(5-9(17)18)6-10(19)20;;;/h1-6H2,(H,13,14)(H,15,16)(H,17,18)(H,19,20);;;/q;+1;;-1. The van der Waals surface area contributed by atoms with Gasteiger partial charge in [-0.25, -0.2) is 0 Å². The Bertz CT molecular complexity index is 333. The summed E-state index contributed by atoms with van der Waals surface area (Å²) in [6, 6.07) is 0. The van der Waals surface area contributed by atoms with Gasteiger partial charge in [0.05, 0.1) is 26.2 Å². The van der Waals surface area contributed by atoms with Crippen molar-refractivity contribution >= 4 is 23.9 Å². The van der Waals surface area contributed by atoms with Crippen molar-refractivity contribution in [2.45, 2.75) is 0 Å². The molecule has 118 valence electrons. The van der Waals surface area contributed by atoms with Crippen LogP contribution in [0, 0.1) is 0 Å². The maximum atomic E-state index is 10.6. The van der Waals surface area contributed by atoms with Crippen LogP contribution in [0.3, 0.4) is 0 Å². The van der Waals surface area contributed by atoms with E-state index in [0.29, 0.717) is 0 Å². The van der Waals surface area contributed by atoms with E-state index >= 15 is 0 Å². The Hall–Kier alpha value is 0.0597. The van der Waals surface area contributed by atoms with Gasteiger partial charge in [0.2, 0.25) is 0 Å². The van der Waals surface area contributed by atoms with E-state index in [4.69, 9.17) is 20.4 Å². The van der Waals surface area contributed by atoms with Crippen LogP contribution in [0.1, 0.15) is 1.43 Å². The summed E-state index contributed by atoms with van der Waals surface area (Å²) in [5, 5.41) is 34.5. The molecule has 0 aliphatic heterocycles. The molecule has 0 unspecified atom stereocenters. The zero-order valence-electron chi connectivity index (χ0n) is 13.3. The molecule has 0 saturated heterocycles. The Balaban J connectivity index is -0.000000602. The van der Waals surface area contributed by atoms with Gasteiger partial charge in [0.1, 0.15) is 0 Å². The molecule has 12 heteroatoms. The fraction of sp³-hybridized carbons (Fsp3) is 0.600. The summed E-state index contributed by atoms with van der Waals surface area (Å²) in [6.45, 7) is -2.25. The van der Waals surface area contributed by atoms with Crippen molar-refractivity contribution in [2.75, 3.05) is 39.3 Å². The first-order valence-electron chi connectivity index (χ1n) is 5.52. The zero-order chi connectivity index (χ0) is 15.7. The van der Waals surface area contributed by atoms with Crippen LogP contribution in [0.5, 0.6) is 0 Å². The van der Waals surface area contributed by atoms with Crippen molar-refractivity contribution < 1.29 is 112 Å². The van der Waals surface area contributed by atoms with E-state index in [1.165, 1.54) is 0 Å². The Morgan fingerprint density at radius 3 is 0.955 bits per heavy atom. The van der Waals surface area contributed by atoms with Crippen molar-refractivity contribution in [2.24, 2.45) is 0 Å². The van der Waals surface area contributed by atoms with E-state index in [2.05, 4.69) is 0 Å². The second-order valence-electron chi connectivity index (χ2n) is 4.00. The first kappa shape index (κ1) is 26.9. The predicted molar refractivity (Wildman–Crippen MR) is 64.5 cm³/mol. The van der Waals surface area contributed by atoms with Crippen LogP contribution in [0.4, 0.5) is 0 Å². The molecule has 0 spiro atoms. The molecule has 0 aromatic rings. The van der Waals surface area contributed by atoms with Crippen molar-refractivity contribution in [3.05, 3.63) is 0 Å². The molecule has 22 heavy (non-hydrogen) atoms.